The van der Waals surface area contributed by atoms with Crippen LogP contribution in [0.5, 0.6) is 0 Å². The number of benzene rings is 1. The zero-order valence-corrected chi connectivity index (χ0v) is 24.4. The van der Waals surface area contributed by atoms with Gasteiger partial charge in [-0.1, -0.05) is 58.0 Å². The molecule has 0 unspecified atom stereocenters. The van der Waals surface area contributed by atoms with Gasteiger partial charge in [0.25, 0.3) is 0 Å². The molecule has 40 heavy (non-hydrogen) atoms. The van der Waals surface area contributed by atoms with E-state index in [0.29, 0.717) is 36.8 Å². The van der Waals surface area contributed by atoms with Crippen molar-refractivity contribution >= 4 is 23.6 Å². The molecule has 0 radical (unpaired) electrons. The molecule has 0 saturated carbocycles. The highest BCUT2D eigenvalue weighted by molar-refractivity contribution is 5.88. The van der Waals surface area contributed by atoms with Crippen molar-refractivity contribution in [2.24, 2.45) is 11.8 Å². The zero-order chi connectivity index (χ0) is 29.4. The molecule has 1 aromatic heterocycles. The summed E-state index contributed by atoms with van der Waals surface area (Å²) in [5.41, 5.74) is 0.968. The Labute approximate surface area is 236 Å². The number of aryl methyl sites for hydroxylation is 1. The summed E-state index contributed by atoms with van der Waals surface area (Å²) in [6, 6.07) is 7.84. The minimum absolute atomic E-state index is 0.0195. The maximum Gasteiger partial charge on any atom is 0.242 e. The van der Waals surface area contributed by atoms with Crippen LogP contribution >= 0.6 is 0 Å². The molecule has 1 aromatic carbocycles. The van der Waals surface area contributed by atoms with Gasteiger partial charge in [-0.2, -0.15) is 5.10 Å². The van der Waals surface area contributed by atoms with Crippen molar-refractivity contribution in [3.63, 3.8) is 0 Å². The molecule has 1 aliphatic heterocycles. The Kier molecular flexibility index (Phi) is 10.8. The maximum atomic E-state index is 13.5. The fourth-order valence-electron chi connectivity index (χ4n) is 4.60. The Bertz CT molecular complexity index is 1180. The normalized spacial score (nSPS) is 21.2. The molecule has 3 rings (SSSR count). The van der Waals surface area contributed by atoms with Crippen LogP contribution in [0.25, 0.3) is 0 Å². The number of rotatable bonds is 6. The molecule has 2 aromatic rings. The van der Waals surface area contributed by atoms with Crippen molar-refractivity contribution in [1.82, 2.24) is 35.6 Å². The molecule has 4 amide bonds. The van der Waals surface area contributed by atoms with E-state index in [0.717, 1.165) is 5.56 Å². The minimum atomic E-state index is -0.808. The van der Waals surface area contributed by atoms with Crippen LogP contribution in [0.3, 0.4) is 0 Å². The van der Waals surface area contributed by atoms with Crippen molar-refractivity contribution in [3.05, 3.63) is 47.5 Å². The van der Waals surface area contributed by atoms with Crippen LogP contribution in [0, 0.1) is 18.8 Å². The summed E-state index contributed by atoms with van der Waals surface area (Å²) in [4.78, 5) is 58.9. The number of carbonyl (C=O) groups is 4. The van der Waals surface area contributed by atoms with Gasteiger partial charge < -0.3 is 20.9 Å². The van der Waals surface area contributed by atoms with Crippen molar-refractivity contribution in [1.29, 1.82) is 0 Å². The molecule has 3 N–H and O–H groups in total. The first-order chi connectivity index (χ1) is 18.9. The van der Waals surface area contributed by atoms with Gasteiger partial charge in [0.2, 0.25) is 23.6 Å². The van der Waals surface area contributed by atoms with Gasteiger partial charge in [-0.15, -0.1) is 0 Å². The number of aromatic nitrogens is 3. The van der Waals surface area contributed by atoms with E-state index >= 15 is 0 Å². The molecule has 0 saturated heterocycles. The van der Waals surface area contributed by atoms with E-state index in [4.69, 9.17) is 0 Å². The largest absolute Gasteiger partial charge is 0.350 e. The molecule has 0 fully saturated rings. The van der Waals surface area contributed by atoms with Gasteiger partial charge in [0, 0.05) is 19.0 Å². The fraction of sp³-hybridized carbons (Fsp3) is 0.586. The predicted molar refractivity (Wildman–Crippen MR) is 151 cm³/mol. The highest BCUT2D eigenvalue weighted by Crippen LogP contribution is 2.19. The molecular formula is C29H43N7O4. The second-order valence-corrected chi connectivity index (χ2v) is 11.3. The van der Waals surface area contributed by atoms with Gasteiger partial charge >= 0.3 is 0 Å². The Morgan fingerprint density at radius 1 is 1.00 bits per heavy atom. The van der Waals surface area contributed by atoms with E-state index in [-0.39, 0.29) is 43.3 Å². The molecule has 1 aliphatic rings. The summed E-state index contributed by atoms with van der Waals surface area (Å²) in [6.45, 7) is 11.2. The second kappa shape index (κ2) is 14.0. The van der Waals surface area contributed by atoms with Crippen molar-refractivity contribution in [2.45, 2.75) is 85.5 Å². The lowest BCUT2D eigenvalue weighted by Crippen LogP contribution is -2.54. The molecule has 3 atom stereocenters. The standard InChI is InChI=1S/C29H43N7O4/c1-18(2)12-13-27(39)35-15-24(19(3)4)33-29(40)20(5)30-26(38)17-36-28(31-21(6)34-36)23(32-25(37)16-35)14-22-10-8-7-9-11-22/h7-11,18-20,23-24H,12-17H2,1-6H3,(H,30,38)(H,32,37)(H,33,40)/t20-,23+,24-/m1/s1. The SMILES string of the molecule is Cc1nc2n(n1)CC(=O)N[C@H](C)C(=O)N[C@@H](C(C)C)CN(C(=O)CCC(C)C)CC(=O)N[C@H]2Cc1ccccc1. The Morgan fingerprint density at radius 2 is 1.68 bits per heavy atom. The first-order valence-corrected chi connectivity index (χ1v) is 14.0. The lowest BCUT2D eigenvalue weighted by atomic mass is 10.0. The topological polar surface area (TPSA) is 138 Å². The molecule has 218 valence electrons. The summed E-state index contributed by atoms with van der Waals surface area (Å²) in [5.74, 6) is -0.0782. The van der Waals surface area contributed by atoms with Gasteiger partial charge in [-0.05, 0) is 44.1 Å². The Hall–Kier alpha value is -3.76. The number of fused-ring (bicyclic) bond motifs is 1. The van der Waals surface area contributed by atoms with E-state index in [1.165, 1.54) is 9.58 Å². The quantitative estimate of drug-likeness (QED) is 0.500. The van der Waals surface area contributed by atoms with E-state index in [1.807, 2.05) is 58.0 Å². The van der Waals surface area contributed by atoms with E-state index in [1.54, 1.807) is 13.8 Å². The van der Waals surface area contributed by atoms with Gasteiger partial charge in [-0.25, -0.2) is 9.67 Å². The Balaban J connectivity index is 2.00. The minimum Gasteiger partial charge on any atom is -0.350 e. The van der Waals surface area contributed by atoms with Crippen LogP contribution in [0.2, 0.25) is 0 Å². The number of hydrogen-bond donors (Lipinski definition) is 3. The number of hydrogen-bond acceptors (Lipinski definition) is 6. The molecule has 2 heterocycles. The van der Waals surface area contributed by atoms with Crippen LogP contribution in [0.4, 0.5) is 0 Å². The van der Waals surface area contributed by atoms with Crippen LogP contribution in [0.1, 0.15) is 70.7 Å². The third-order valence-corrected chi connectivity index (χ3v) is 6.97. The van der Waals surface area contributed by atoms with Gasteiger partial charge in [0.05, 0.1) is 12.6 Å². The molecular weight excluding hydrogens is 510 g/mol. The van der Waals surface area contributed by atoms with E-state index < -0.39 is 24.0 Å². The van der Waals surface area contributed by atoms with E-state index in [2.05, 4.69) is 26.0 Å². The predicted octanol–water partition coefficient (Wildman–Crippen LogP) is 1.91. The van der Waals surface area contributed by atoms with Crippen molar-refractivity contribution < 1.29 is 19.2 Å². The molecule has 0 spiro atoms. The highest BCUT2D eigenvalue weighted by Gasteiger charge is 2.30. The van der Waals surface area contributed by atoms with Gasteiger partial charge in [0.15, 0.2) is 5.82 Å². The summed E-state index contributed by atoms with van der Waals surface area (Å²) < 4.78 is 1.46. The number of nitrogens with one attached hydrogen (secondary N) is 3. The lowest BCUT2D eigenvalue weighted by molar-refractivity contribution is -0.137. The third kappa shape index (κ3) is 8.89. The van der Waals surface area contributed by atoms with Crippen LogP contribution < -0.4 is 16.0 Å². The van der Waals surface area contributed by atoms with E-state index in [9.17, 15) is 19.2 Å². The maximum absolute atomic E-state index is 13.5. The van der Waals surface area contributed by atoms with Crippen LogP contribution in [-0.2, 0) is 32.1 Å². The molecule has 11 nitrogen and oxygen atoms in total. The fourth-order valence-corrected chi connectivity index (χ4v) is 4.60. The average molecular weight is 554 g/mol. The Morgan fingerprint density at radius 3 is 2.33 bits per heavy atom. The van der Waals surface area contributed by atoms with Crippen LogP contribution in [0.15, 0.2) is 30.3 Å². The summed E-state index contributed by atoms with van der Waals surface area (Å²) in [6.07, 6.45) is 1.41. The molecule has 0 aliphatic carbocycles. The van der Waals surface area contributed by atoms with Crippen molar-refractivity contribution in [2.75, 3.05) is 13.1 Å². The zero-order valence-electron chi connectivity index (χ0n) is 24.4. The average Bonchev–Trinajstić information content (AvgIpc) is 3.25. The van der Waals surface area contributed by atoms with Gasteiger partial charge in [-0.3, -0.25) is 19.2 Å². The summed E-state index contributed by atoms with van der Waals surface area (Å²) in [7, 11) is 0. The molecule has 0 bridgehead atoms. The first-order valence-electron chi connectivity index (χ1n) is 14.0. The molecule has 11 heteroatoms. The highest BCUT2D eigenvalue weighted by atomic mass is 16.2. The lowest BCUT2D eigenvalue weighted by Gasteiger charge is -2.31. The van der Waals surface area contributed by atoms with Gasteiger partial charge in [0.1, 0.15) is 18.4 Å². The van der Waals surface area contributed by atoms with Crippen LogP contribution in [-0.4, -0.2) is 68.5 Å². The third-order valence-electron chi connectivity index (χ3n) is 6.97. The van der Waals surface area contributed by atoms with Crippen molar-refractivity contribution in [3.8, 4) is 0 Å². The number of carbonyl (C=O) groups excluding carboxylic acids is 4. The number of amides is 4. The first kappa shape index (κ1) is 30.8. The summed E-state index contributed by atoms with van der Waals surface area (Å²) >= 11 is 0. The monoisotopic (exact) mass is 553 g/mol. The number of nitrogens with zero attached hydrogens (tertiary/aromatic N) is 4. The smallest absolute Gasteiger partial charge is 0.242 e. The summed E-state index contributed by atoms with van der Waals surface area (Å²) in [5, 5.41) is 13.2. The second-order valence-electron chi connectivity index (χ2n) is 11.3.